The molecule has 3 aromatic heterocycles. The third-order valence-corrected chi connectivity index (χ3v) is 5.06. The molecule has 0 radical (unpaired) electrons. The van der Waals surface area contributed by atoms with Crippen LogP contribution in [-0.2, 0) is 43.5 Å². The van der Waals surface area contributed by atoms with Gasteiger partial charge in [-0.15, -0.1) is 0 Å². The summed E-state index contributed by atoms with van der Waals surface area (Å²) in [4.78, 5) is 12.9. The van der Waals surface area contributed by atoms with Crippen LogP contribution >= 0.6 is 0 Å². The third kappa shape index (κ3) is 6.15. The Kier molecular flexibility index (Phi) is 8.24. The van der Waals surface area contributed by atoms with Crippen molar-refractivity contribution in [2.75, 3.05) is 13.7 Å². The molecule has 1 aliphatic heterocycles. The Bertz CT molecular complexity index is 917. The van der Waals surface area contributed by atoms with Crippen LogP contribution in [0.2, 0.25) is 0 Å². The highest BCUT2D eigenvalue weighted by Gasteiger charge is 2.47. The molecule has 4 atom stereocenters. The Hall–Kier alpha value is -2.75. The fourth-order valence-corrected chi connectivity index (χ4v) is 3.49. The first-order valence-electron chi connectivity index (χ1n) is 10.5. The summed E-state index contributed by atoms with van der Waals surface area (Å²) in [5.41, 5.74) is 2.49. The molecule has 0 aromatic carbocycles. The minimum atomic E-state index is -0.587. The zero-order valence-electron chi connectivity index (χ0n) is 17.9. The predicted molar refractivity (Wildman–Crippen MR) is 115 cm³/mol. The summed E-state index contributed by atoms with van der Waals surface area (Å²) in [5.74, 6) is 0. The summed E-state index contributed by atoms with van der Waals surface area (Å²) < 4.78 is 29.9. The summed E-state index contributed by atoms with van der Waals surface area (Å²) in [5, 5.41) is 0. The molecule has 8 heteroatoms. The highest BCUT2D eigenvalue weighted by molar-refractivity contribution is 5.04. The van der Waals surface area contributed by atoms with Crippen LogP contribution < -0.4 is 0 Å². The van der Waals surface area contributed by atoms with Crippen molar-refractivity contribution in [2.24, 2.45) is 0 Å². The van der Waals surface area contributed by atoms with E-state index in [4.69, 9.17) is 23.7 Å². The van der Waals surface area contributed by atoms with Crippen LogP contribution in [0.4, 0.5) is 0 Å². The lowest BCUT2D eigenvalue weighted by Crippen LogP contribution is -2.39. The molecule has 3 aromatic rings. The van der Waals surface area contributed by atoms with Gasteiger partial charge < -0.3 is 23.7 Å². The molecule has 4 rings (SSSR count). The van der Waals surface area contributed by atoms with Crippen LogP contribution in [0.3, 0.4) is 0 Å². The maximum absolute atomic E-state index is 6.23. The van der Waals surface area contributed by atoms with E-state index in [-0.39, 0.29) is 6.10 Å². The molecule has 0 bridgehead atoms. The SMILES string of the molecule is CO[C@H]1O[C@H](COCc2ccccn2)[C@H](OCc2ccccn2)[C@@H]1OCc1ccccn1. The molecule has 1 aliphatic rings. The lowest BCUT2D eigenvalue weighted by molar-refractivity contribution is -0.171. The van der Waals surface area contributed by atoms with Gasteiger partial charge in [0.05, 0.1) is 43.5 Å². The second-order valence-electron chi connectivity index (χ2n) is 7.31. The largest absolute Gasteiger partial charge is 0.372 e. The molecule has 8 nitrogen and oxygen atoms in total. The molecule has 32 heavy (non-hydrogen) atoms. The van der Waals surface area contributed by atoms with Crippen molar-refractivity contribution < 1.29 is 23.7 Å². The maximum atomic E-state index is 6.23. The van der Waals surface area contributed by atoms with Crippen LogP contribution in [0.25, 0.3) is 0 Å². The van der Waals surface area contributed by atoms with E-state index in [1.54, 1.807) is 25.7 Å². The fraction of sp³-hybridized carbons (Fsp3) is 0.375. The summed E-state index contributed by atoms with van der Waals surface area (Å²) in [7, 11) is 1.59. The van der Waals surface area contributed by atoms with Gasteiger partial charge in [-0.1, -0.05) is 18.2 Å². The maximum Gasteiger partial charge on any atom is 0.186 e. The molecule has 4 heterocycles. The Labute approximate surface area is 187 Å². The molecule has 0 N–H and O–H groups in total. The van der Waals surface area contributed by atoms with Crippen molar-refractivity contribution in [3.8, 4) is 0 Å². The van der Waals surface area contributed by atoms with E-state index in [0.29, 0.717) is 26.4 Å². The van der Waals surface area contributed by atoms with E-state index in [9.17, 15) is 0 Å². The van der Waals surface area contributed by atoms with Gasteiger partial charge in [-0.3, -0.25) is 15.0 Å². The fourth-order valence-electron chi connectivity index (χ4n) is 3.49. The first-order valence-corrected chi connectivity index (χ1v) is 10.5. The van der Waals surface area contributed by atoms with Crippen molar-refractivity contribution >= 4 is 0 Å². The Morgan fingerprint density at radius 1 is 0.719 bits per heavy atom. The van der Waals surface area contributed by atoms with E-state index in [0.717, 1.165) is 17.1 Å². The first-order chi connectivity index (χ1) is 15.8. The Balaban J connectivity index is 1.42. The smallest absolute Gasteiger partial charge is 0.186 e. The van der Waals surface area contributed by atoms with Gasteiger partial charge in [0.15, 0.2) is 6.29 Å². The second kappa shape index (κ2) is 11.8. The number of methoxy groups -OCH3 is 1. The number of rotatable bonds is 11. The summed E-state index contributed by atoms with van der Waals surface area (Å²) >= 11 is 0. The van der Waals surface area contributed by atoms with Crippen molar-refractivity contribution in [2.45, 2.75) is 44.4 Å². The standard InChI is InChI=1S/C24H27N3O5/c1-28-24-23(31-16-20-10-4-7-13-27-20)22(30-15-19-9-3-6-12-26-19)21(32-24)17-29-14-18-8-2-5-11-25-18/h2-13,21-24H,14-17H2,1H3/t21-,22+,23+,24+/m1/s1. The van der Waals surface area contributed by atoms with Gasteiger partial charge in [-0.2, -0.15) is 0 Å². The number of pyridine rings is 3. The lowest BCUT2D eigenvalue weighted by Gasteiger charge is -2.24. The minimum absolute atomic E-state index is 0.312. The van der Waals surface area contributed by atoms with Crippen molar-refractivity contribution in [3.05, 3.63) is 90.3 Å². The van der Waals surface area contributed by atoms with Gasteiger partial charge in [0, 0.05) is 25.7 Å². The van der Waals surface area contributed by atoms with Crippen LogP contribution in [0.1, 0.15) is 17.1 Å². The Morgan fingerprint density at radius 3 is 1.75 bits per heavy atom. The van der Waals surface area contributed by atoms with Gasteiger partial charge >= 0.3 is 0 Å². The zero-order chi connectivity index (χ0) is 22.0. The predicted octanol–water partition coefficient (Wildman–Crippen LogP) is 2.93. The van der Waals surface area contributed by atoms with Crippen LogP contribution in [0, 0.1) is 0 Å². The van der Waals surface area contributed by atoms with Gasteiger partial charge in [0.2, 0.25) is 0 Å². The summed E-state index contributed by atoms with van der Waals surface area (Å²) in [6, 6.07) is 17.1. The molecule has 168 valence electrons. The van der Waals surface area contributed by atoms with Gasteiger partial charge in [-0.25, -0.2) is 0 Å². The number of ether oxygens (including phenoxy) is 5. The molecular weight excluding hydrogens is 410 g/mol. The van der Waals surface area contributed by atoms with Crippen LogP contribution in [0.5, 0.6) is 0 Å². The lowest BCUT2D eigenvalue weighted by atomic mass is 10.1. The molecule has 1 saturated heterocycles. The normalized spacial score (nSPS) is 22.8. The highest BCUT2D eigenvalue weighted by atomic mass is 16.7. The molecule has 0 spiro atoms. The number of hydrogen-bond acceptors (Lipinski definition) is 8. The minimum Gasteiger partial charge on any atom is -0.372 e. The molecule has 0 saturated carbocycles. The van der Waals surface area contributed by atoms with Gasteiger partial charge in [0.1, 0.15) is 18.3 Å². The first kappa shape index (κ1) is 22.4. The monoisotopic (exact) mass is 437 g/mol. The average molecular weight is 437 g/mol. The van der Waals surface area contributed by atoms with Crippen molar-refractivity contribution in [3.63, 3.8) is 0 Å². The molecule has 0 unspecified atom stereocenters. The van der Waals surface area contributed by atoms with E-state index >= 15 is 0 Å². The zero-order valence-corrected chi connectivity index (χ0v) is 17.9. The summed E-state index contributed by atoms with van der Waals surface area (Å²) in [6.45, 7) is 1.34. The average Bonchev–Trinajstić information content (AvgIpc) is 3.19. The molecular formula is C24H27N3O5. The number of hydrogen-bond donors (Lipinski definition) is 0. The van der Waals surface area contributed by atoms with E-state index < -0.39 is 18.5 Å². The van der Waals surface area contributed by atoms with E-state index in [1.807, 2.05) is 54.6 Å². The topological polar surface area (TPSA) is 84.8 Å². The molecule has 0 amide bonds. The number of nitrogens with zero attached hydrogens (tertiary/aromatic N) is 3. The quantitative estimate of drug-likeness (QED) is 0.453. The van der Waals surface area contributed by atoms with Crippen molar-refractivity contribution in [1.29, 1.82) is 0 Å². The summed E-state index contributed by atoms with van der Waals surface area (Å²) in [6.07, 6.45) is 3.40. The highest BCUT2D eigenvalue weighted by Crippen LogP contribution is 2.29. The van der Waals surface area contributed by atoms with E-state index in [1.165, 1.54) is 0 Å². The van der Waals surface area contributed by atoms with Crippen LogP contribution in [-0.4, -0.2) is 53.3 Å². The molecule has 0 aliphatic carbocycles. The van der Waals surface area contributed by atoms with Gasteiger partial charge in [-0.05, 0) is 36.4 Å². The molecule has 1 fully saturated rings. The second-order valence-corrected chi connectivity index (χ2v) is 7.31. The van der Waals surface area contributed by atoms with Gasteiger partial charge in [0.25, 0.3) is 0 Å². The third-order valence-electron chi connectivity index (χ3n) is 5.06. The van der Waals surface area contributed by atoms with E-state index in [2.05, 4.69) is 15.0 Å². The van der Waals surface area contributed by atoms with Crippen LogP contribution in [0.15, 0.2) is 73.2 Å². The van der Waals surface area contributed by atoms with Crippen molar-refractivity contribution in [1.82, 2.24) is 15.0 Å². The number of aromatic nitrogens is 3. The Morgan fingerprint density at radius 2 is 1.25 bits per heavy atom.